The van der Waals surface area contributed by atoms with Gasteiger partial charge in [0, 0.05) is 6.61 Å². The lowest BCUT2D eigenvalue weighted by Crippen LogP contribution is -2.36. The van der Waals surface area contributed by atoms with Gasteiger partial charge in [0.1, 0.15) is 5.65 Å². The van der Waals surface area contributed by atoms with E-state index in [1.807, 2.05) is 0 Å². The number of sulfone groups is 1. The van der Waals surface area contributed by atoms with Crippen molar-refractivity contribution < 1.29 is 27.1 Å². The number of rotatable bonds is 27. The lowest BCUT2D eigenvalue weighted by molar-refractivity contribution is 0.0283. The molecule has 0 spiro atoms. The molecule has 0 amide bonds. The van der Waals surface area contributed by atoms with E-state index >= 15 is 0 Å². The van der Waals surface area contributed by atoms with Gasteiger partial charge in [-0.3, -0.25) is 24.3 Å². The first kappa shape index (κ1) is 39.2. The third kappa shape index (κ3) is 15.0. The molecule has 2 aromatic rings. The molecule has 0 aromatic carbocycles. The molecule has 0 bridgehead atoms. The van der Waals surface area contributed by atoms with Gasteiger partial charge in [-0.05, 0) is 12.8 Å². The summed E-state index contributed by atoms with van der Waals surface area (Å²) in [5.41, 5.74) is -3.91. The third-order valence-corrected chi connectivity index (χ3v) is 11.0. The van der Waals surface area contributed by atoms with Crippen molar-refractivity contribution in [1.29, 1.82) is 0 Å². The summed E-state index contributed by atoms with van der Waals surface area (Å²) in [6, 6.07) is 0. The SMILES string of the molecule is CCCCCCCCCCCCOC(COP(=O)(O)n1c(=O)[nH]c2[nH]c(=O)[nH]c2c1=O)CS(=O)(=O)CCCCCCCCCC. The second kappa shape index (κ2) is 21.0. The van der Waals surface area contributed by atoms with Gasteiger partial charge in [-0.15, -0.1) is 0 Å². The lowest BCUT2D eigenvalue weighted by Gasteiger charge is -2.20. The molecule has 0 aliphatic carbocycles. The van der Waals surface area contributed by atoms with Crippen LogP contribution in [0.4, 0.5) is 0 Å². The number of H-pyrrole nitrogens is 3. The highest BCUT2D eigenvalue weighted by Gasteiger charge is 2.31. The summed E-state index contributed by atoms with van der Waals surface area (Å²) in [6.07, 6.45) is 18.2. The molecule has 13 nitrogen and oxygen atoms in total. The molecule has 0 saturated carbocycles. The molecular weight excluding hydrogens is 623 g/mol. The van der Waals surface area contributed by atoms with E-state index in [-0.39, 0.29) is 22.3 Å². The molecular formula is C30H55N4O9PS. The molecule has 0 radical (unpaired) electrons. The molecule has 2 heterocycles. The molecule has 15 heteroatoms. The van der Waals surface area contributed by atoms with E-state index in [0.29, 0.717) is 12.8 Å². The Hall–Kier alpha value is -1.99. The first-order valence-electron chi connectivity index (χ1n) is 16.8. The van der Waals surface area contributed by atoms with Crippen LogP contribution in [-0.2, 0) is 23.7 Å². The minimum Gasteiger partial charge on any atom is -0.375 e. The lowest BCUT2D eigenvalue weighted by atomic mass is 10.1. The third-order valence-electron chi connectivity index (χ3n) is 7.84. The summed E-state index contributed by atoms with van der Waals surface area (Å²) in [5.74, 6) is -0.454. The van der Waals surface area contributed by atoms with E-state index in [1.165, 1.54) is 57.8 Å². The molecule has 4 N–H and O–H groups in total. The summed E-state index contributed by atoms with van der Waals surface area (Å²) < 4.78 is 49.9. The Morgan fingerprint density at radius 1 is 0.756 bits per heavy atom. The maximum Gasteiger partial charge on any atom is 0.443 e. The van der Waals surface area contributed by atoms with Gasteiger partial charge in [-0.25, -0.2) is 22.6 Å². The minimum absolute atomic E-state index is 0.00651. The van der Waals surface area contributed by atoms with Crippen LogP contribution < -0.4 is 16.9 Å². The Balaban J connectivity index is 1.95. The molecule has 260 valence electrons. The van der Waals surface area contributed by atoms with Gasteiger partial charge in [0.2, 0.25) is 0 Å². The monoisotopic (exact) mass is 678 g/mol. The highest BCUT2D eigenvalue weighted by atomic mass is 32.2. The van der Waals surface area contributed by atoms with Crippen molar-refractivity contribution in [3.8, 4) is 0 Å². The van der Waals surface area contributed by atoms with Crippen molar-refractivity contribution in [2.45, 2.75) is 136 Å². The maximum absolute atomic E-state index is 13.0. The van der Waals surface area contributed by atoms with E-state index in [9.17, 15) is 32.3 Å². The van der Waals surface area contributed by atoms with Crippen LogP contribution in [0.15, 0.2) is 14.4 Å². The number of nitrogens with zero attached hydrogens (tertiary/aromatic N) is 1. The number of aromatic amines is 3. The van der Waals surface area contributed by atoms with E-state index in [0.717, 1.165) is 44.9 Å². The largest absolute Gasteiger partial charge is 0.443 e. The molecule has 2 atom stereocenters. The van der Waals surface area contributed by atoms with Crippen LogP contribution in [0.1, 0.15) is 129 Å². The van der Waals surface area contributed by atoms with Gasteiger partial charge in [0.05, 0.1) is 24.2 Å². The molecule has 0 aliphatic rings. The molecule has 0 saturated heterocycles. The molecule has 0 fully saturated rings. The van der Waals surface area contributed by atoms with Crippen molar-refractivity contribution in [2.75, 3.05) is 24.7 Å². The van der Waals surface area contributed by atoms with E-state index in [1.54, 1.807) is 0 Å². The number of fused-ring (bicyclic) bond motifs is 1. The van der Waals surface area contributed by atoms with Crippen molar-refractivity contribution >= 4 is 28.7 Å². The van der Waals surface area contributed by atoms with Crippen LogP contribution in [0, 0.1) is 0 Å². The summed E-state index contributed by atoms with van der Waals surface area (Å²) in [7, 11) is -8.67. The van der Waals surface area contributed by atoms with Crippen LogP contribution in [0.3, 0.4) is 0 Å². The van der Waals surface area contributed by atoms with Gasteiger partial charge in [-0.2, -0.15) is 4.34 Å². The van der Waals surface area contributed by atoms with Crippen LogP contribution in [0.5, 0.6) is 0 Å². The Bertz CT molecular complexity index is 1450. The fourth-order valence-corrected chi connectivity index (χ4v) is 7.92. The van der Waals surface area contributed by atoms with Gasteiger partial charge >= 0.3 is 19.1 Å². The number of imidazole rings is 1. The average Bonchev–Trinajstić information content (AvgIpc) is 3.35. The molecule has 2 aromatic heterocycles. The van der Waals surface area contributed by atoms with Crippen LogP contribution >= 0.6 is 7.75 Å². The predicted molar refractivity (Wildman–Crippen MR) is 178 cm³/mol. The number of hydrogen-bond donors (Lipinski definition) is 4. The topological polar surface area (TPSA) is 193 Å². The summed E-state index contributed by atoms with van der Waals surface area (Å²) >= 11 is 0. The van der Waals surface area contributed by atoms with Crippen LogP contribution in [0.2, 0.25) is 0 Å². The molecule has 2 unspecified atom stereocenters. The van der Waals surface area contributed by atoms with Crippen molar-refractivity contribution in [3.63, 3.8) is 0 Å². The quantitative estimate of drug-likeness (QED) is 0.0694. The van der Waals surface area contributed by atoms with Crippen molar-refractivity contribution in [3.05, 3.63) is 31.3 Å². The zero-order chi connectivity index (χ0) is 33.1. The minimum atomic E-state index is -5.10. The fourth-order valence-electron chi connectivity index (χ4n) is 5.27. The van der Waals surface area contributed by atoms with E-state index in [4.69, 9.17) is 9.26 Å². The molecule has 45 heavy (non-hydrogen) atoms. The van der Waals surface area contributed by atoms with Gasteiger partial charge in [-0.1, -0.05) is 117 Å². The Morgan fingerprint density at radius 2 is 1.27 bits per heavy atom. The number of ether oxygens (including phenoxy) is 1. The summed E-state index contributed by atoms with van der Waals surface area (Å²) in [6.45, 7) is 3.97. The normalized spacial score (nSPS) is 14.2. The predicted octanol–water partition coefficient (Wildman–Crippen LogP) is 5.53. The van der Waals surface area contributed by atoms with Gasteiger partial charge < -0.3 is 9.63 Å². The van der Waals surface area contributed by atoms with Crippen LogP contribution in [-0.4, -0.2) is 63.4 Å². The van der Waals surface area contributed by atoms with Gasteiger partial charge in [0.15, 0.2) is 15.4 Å². The Labute approximate surface area is 266 Å². The van der Waals surface area contributed by atoms with Crippen LogP contribution in [0.25, 0.3) is 11.2 Å². The highest BCUT2D eigenvalue weighted by Crippen LogP contribution is 2.41. The summed E-state index contributed by atoms with van der Waals surface area (Å²) in [4.78, 5) is 53.8. The zero-order valence-corrected chi connectivity index (χ0v) is 28.9. The summed E-state index contributed by atoms with van der Waals surface area (Å²) in [5, 5.41) is 0. The number of unbranched alkanes of at least 4 members (excludes halogenated alkanes) is 16. The van der Waals surface area contributed by atoms with Gasteiger partial charge in [0.25, 0.3) is 5.56 Å². The second-order valence-corrected chi connectivity index (χ2v) is 15.8. The second-order valence-electron chi connectivity index (χ2n) is 11.9. The molecule has 2 rings (SSSR count). The number of aromatic nitrogens is 4. The van der Waals surface area contributed by atoms with E-state index in [2.05, 4.69) is 28.8 Å². The van der Waals surface area contributed by atoms with Crippen molar-refractivity contribution in [1.82, 2.24) is 19.3 Å². The number of hydrogen-bond acceptors (Lipinski definition) is 8. The Kier molecular flexibility index (Phi) is 18.3. The first-order chi connectivity index (χ1) is 21.5. The maximum atomic E-state index is 13.0. The Morgan fingerprint density at radius 3 is 1.82 bits per heavy atom. The molecule has 0 aliphatic heterocycles. The fraction of sp³-hybridized carbons (Fsp3) is 0.833. The van der Waals surface area contributed by atoms with Crippen molar-refractivity contribution in [2.24, 2.45) is 0 Å². The van der Waals surface area contributed by atoms with E-state index < -0.39 is 58.5 Å². The zero-order valence-electron chi connectivity index (χ0n) is 27.1. The average molecular weight is 679 g/mol. The standard InChI is InChI=1S/C30H55N4O9PS/c1-3-5-7-9-11-13-14-15-17-19-21-42-25(24-45(40,41)22-20-18-16-12-10-8-6-4-2)23-43-44(38,39)34-28(35)26-27(33-30(34)37)32-29(36)31-26/h25H,3-24H2,1-2H3,(H,33,37)(H,38,39)(H2,31,32,36). The smallest absolute Gasteiger partial charge is 0.375 e. The number of nitrogens with one attached hydrogen (secondary N) is 3. The highest BCUT2D eigenvalue weighted by molar-refractivity contribution is 7.91. The first-order valence-corrected chi connectivity index (χ1v) is 20.1.